The number of carboxylic acids is 1. The standard InChI is InChI=1S/C20H41N3O2/c21-20(22)23-18-16-14-12-10-8-6-4-2-1-3-5-7-9-11-13-15-17-19(24)25/h1-18H2,(H,24,25)(H4,21,22,23). The van der Waals surface area contributed by atoms with E-state index in [4.69, 9.17) is 16.6 Å². The van der Waals surface area contributed by atoms with E-state index in [9.17, 15) is 4.79 Å². The van der Waals surface area contributed by atoms with Crippen LogP contribution < -0.4 is 11.5 Å². The van der Waals surface area contributed by atoms with Gasteiger partial charge in [-0.25, -0.2) is 0 Å². The first-order valence-corrected chi connectivity index (χ1v) is 10.4. The summed E-state index contributed by atoms with van der Waals surface area (Å²) in [6.45, 7) is 0.769. The lowest BCUT2D eigenvalue weighted by Crippen LogP contribution is -2.22. The molecular formula is C20H41N3O2. The summed E-state index contributed by atoms with van der Waals surface area (Å²) < 4.78 is 0. The molecule has 5 nitrogen and oxygen atoms in total. The van der Waals surface area contributed by atoms with Gasteiger partial charge in [0, 0.05) is 13.0 Å². The molecule has 0 aliphatic rings. The SMILES string of the molecule is NC(N)=NCCCCCCCCCCCCCCCCCCC(=O)O. The number of guanidine groups is 1. The molecule has 0 rings (SSSR count). The van der Waals surface area contributed by atoms with Crippen molar-refractivity contribution in [2.24, 2.45) is 16.5 Å². The van der Waals surface area contributed by atoms with E-state index in [2.05, 4.69) is 4.99 Å². The predicted molar refractivity (Wildman–Crippen MR) is 107 cm³/mol. The maximum absolute atomic E-state index is 10.4. The number of nitrogens with two attached hydrogens (primary N) is 2. The Balaban J connectivity index is 3.03. The van der Waals surface area contributed by atoms with E-state index in [1.807, 2.05) is 0 Å². The van der Waals surface area contributed by atoms with Crippen molar-refractivity contribution >= 4 is 11.9 Å². The first-order chi connectivity index (χ1) is 12.1. The maximum atomic E-state index is 10.4. The molecule has 0 amide bonds. The summed E-state index contributed by atoms with van der Waals surface area (Å²) >= 11 is 0. The van der Waals surface area contributed by atoms with E-state index in [-0.39, 0.29) is 5.96 Å². The number of carbonyl (C=O) groups is 1. The van der Waals surface area contributed by atoms with Crippen LogP contribution in [-0.2, 0) is 4.79 Å². The molecule has 5 N–H and O–H groups in total. The molecule has 0 aromatic rings. The van der Waals surface area contributed by atoms with Crippen LogP contribution in [0, 0.1) is 0 Å². The summed E-state index contributed by atoms with van der Waals surface area (Å²) in [7, 11) is 0. The molecule has 0 saturated heterocycles. The van der Waals surface area contributed by atoms with Crippen molar-refractivity contribution in [3.05, 3.63) is 0 Å². The van der Waals surface area contributed by atoms with Crippen LogP contribution in [0.2, 0.25) is 0 Å². The zero-order valence-electron chi connectivity index (χ0n) is 16.2. The third kappa shape index (κ3) is 22.7. The van der Waals surface area contributed by atoms with Gasteiger partial charge in [0.2, 0.25) is 0 Å². The van der Waals surface area contributed by atoms with E-state index in [1.54, 1.807) is 0 Å². The zero-order chi connectivity index (χ0) is 18.6. The molecule has 0 aliphatic carbocycles. The number of nitrogens with zero attached hydrogens (tertiary/aromatic N) is 1. The summed E-state index contributed by atoms with van der Waals surface area (Å²) in [6, 6.07) is 0. The van der Waals surface area contributed by atoms with Gasteiger partial charge in [0.15, 0.2) is 5.96 Å². The van der Waals surface area contributed by atoms with Gasteiger partial charge < -0.3 is 16.6 Å². The average molecular weight is 356 g/mol. The van der Waals surface area contributed by atoms with Gasteiger partial charge in [-0.15, -0.1) is 0 Å². The van der Waals surface area contributed by atoms with E-state index in [0.29, 0.717) is 6.42 Å². The van der Waals surface area contributed by atoms with Crippen LogP contribution in [0.5, 0.6) is 0 Å². The molecule has 0 bridgehead atoms. The molecular weight excluding hydrogens is 314 g/mol. The highest BCUT2D eigenvalue weighted by molar-refractivity contribution is 5.75. The van der Waals surface area contributed by atoms with Gasteiger partial charge in [-0.1, -0.05) is 89.9 Å². The molecule has 0 unspecified atom stereocenters. The Morgan fingerprint density at radius 2 is 0.920 bits per heavy atom. The number of carboxylic acid groups (broad SMARTS) is 1. The van der Waals surface area contributed by atoms with Gasteiger partial charge in [0.25, 0.3) is 0 Å². The third-order valence-electron chi connectivity index (χ3n) is 4.59. The highest BCUT2D eigenvalue weighted by Gasteiger charge is 1.97. The Morgan fingerprint density at radius 1 is 0.600 bits per heavy atom. The summed E-state index contributed by atoms with van der Waals surface area (Å²) in [5, 5.41) is 8.55. The van der Waals surface area contributed by atoms with Crippen molar-refractivity contribution in [3.63, 3.8) is 0 Å². The van der Waals surface area contributed by atoms with Crippen LogP contribution in [0.1, 0.15) is 109 Å². The Labute approximate surface area is 154 Å². The van der Waals surface area contributed by atoms with E-state index >= 15 is 0 Å². The number of hydrogen-bond donors (Lipinski definition) is 3. The van der Waals surface area contributed by atoms with Crippen LogP contribution in [0.4, 0.5) is 0 Å². The van der Waals surface area contributed by atoms with Crippen LogP contribution >= 0.6 is 0 Å². The molecule has 25 heavy (non-hydrogen) atoms. The molecule has 148 valence electrons. The first kappa shape index (κ1) is 23.7. The minimum absolute atomic E-state index is 0.204. The highest BCUT2D eigenvalue weighted by Crippen LogP contribution is 2.14. The minimum atomic E-state index is -0.664. The predicted octanol–water partition coefficient (Wildman–Crippen LogP) is 4.98. The van der Waals surface area contributed by atoms with Gasteiger partial charge in [0.05, 0.1) is 0 Å². The Hall–Kier alpha value is -1.26. The molecule has 0 atom stereocenters. The number of unbranched alkanes of at least 4 members (excludes halogenated alkanes) is 15. The van der Waals surface area contributed by atoms with Crippen molar-refractivity contribution in [1.82, 2.24) is 0 Å². The monoisotopic (exact) mass is 355 g/mol. The fourth-order valence-corrected chi connectivity index (χ4v) is 3.07. The lowest BCUT2D eigenvalue weighted by molar-refractivity contribution is -0.137. The maximum Gasteiger partial charge on any atom is 0.303 e. The van der Waals surface area contributed by atoms with Crippen molar-refractivity contribution < 1.29 is 9.90 Å². The highest BCUT2D eigenvalue weighted by atomic mass is 16.4. The molecule has 0 saturated carbocycles. The van der Waals surface area contributed by atoms with Crippen molar-refractivity contribution in [3.8, 4) is 0 Å². The van der Waals surface area contributed by atoms with Crippen molar-refractivity contribution in [2.45, 2.75) is 109 Å². The number of hydrogen-bond acceptors (Lipinski definition) is 2. The lowest BCUT2D eigenvalue weighted by atomic mass is 10.0. The van der Waals surface area contributed by atoms with Crippen LogP contribution in [0.3, 0.4) is 0 Å². The zero-order valence-corrected chi connectivity index (χ0v) is 16.2. The Kier molecular flexibility index (Phi) is 18.1. The average Bonchev–Trinajstić information content (AvgIpc) is 2.56. The van der Waals surface area contributed by atoms with E-state index in [1.165, 1.54) is 83.5 Å². The molecule has 5 heteroatoms. The van der Waals surface area contributed by atoms with Crippen LogP contribution in [-0.4, -0.2) is 23.6 Å². The molecule has 0 aromatic carbocycles. The van der Waals surface area contributed by atoms with Gasteiger partial charge in [0.1, 0.15) is 0 Å². The smallest absolute Gasteiger partial charge is 0.303 e. The summed E-state index contributed by atoms with van der Waals surface area (Å²) in [5.74, 6) is -0.460. The number of rotatable bonds is 19. The largest absolute Gasteiger partial charge is 0.481 e. The van der Waals surface area contributed by atoms with Gasteiger partial charge in [-0.05, 0) is 12.8 Å². The Bertz CT molecular complexity index is 329. The quantitative estimate of drug-likeness (QED) is 0.173. The van der Waals surface area contributed by atoms with Crippen molar-refractivity contribution in [2.75, 3.05) is 6.54 Å². The molecule has 0 aliphatic heterocycles. The Morgan fingerprint density at radius 3 is 1.24 bits per heavy atom. The van der Waals surface area contributed by atoms with Crippen LogP contribution in [0.25, 0.3) is 0 Å². The van der Waals surface area contributed by atoms with Gasteiger partial charge in [-0.3, -0.25) is 9.79 Å². The van der Waals surface area contributed by atoms with Crippen LogP contribution in [0.15, 0.2) is 4.99 Å². The molecule has 0 aromatic heterocycles. The van der Waals surface area contributed by atoms with Gasteiger partial charge in [-0.2, -0.15) is 0 Å². The van der Waals surface area contributed by atoms with Gasteiger partial charge >= 0.3 is 5.97 Å². The number of aliphatic imine (C=N–C) groups is 1. The van der Waals surface area contributed by atoms with Crippen molar-refractivity contribution in [1.29, 1.82) is 0 Å². The van der Waals surface area contributed by atoms with E-state index in [0.717, 1.165) is 25.8 Å². The van der Waals surface area contributed by atoms with E-state index < -0.39 is 5.97 Å². The second-order valence-corrected chi connectivity index (χ2v) is 7.11. The first-order valence-electron chi connectivity index (χ1n) is 10.4. The molecule has 0 radical (unpaired) electrons. The summed E-state index contributed by atoms with van der Waals surface area (Å²) in [4.78, 5) is 14.4. The molecule has 0 heterocycles. The normalized spacial score (nSPS) is 10.7. The lowest BCUT2D eigenvalue weighted by Gasteiger charge is -2.03. The second-order valence-electron chi connectivity index (χ2n) is 7.11. The summed E-state index contributed by atoms with van der Waals surface area (Å²) in [5.41, 5.74) is 10.6. The third-order valence-corrected chi connectivity index (χ3v) is 4.59. The topological polar surface area (TPSA) is 102 Å². The number of aliphatic carboxylic acids is 1. The fourth-order valence-electron chi connectivity index (χ4n) is 3.07. The summed E-state index contributed by atoms with van der Waals surface area (Å²) in [6.07, 6.45) is 20.5. The molecule has 0 fully saturated rings. The second kappa shape index (κ2) is 19.1. The fraction of sp³-hybridized carbons (Fsp3) is 0.900. The molecule has 0 spiro atoms. The minimum Gasteiger partial charge on any atom is -0.481 e.